The summed E-state index contributed by atoms with van der Waals surface area (Å²) >= 11 is 0. The highest BCUT2D eigenvalue weighted by molar-refractivity contribution is 6.02. The Morgan fingerprint density at radius 2 is 1.57 bits per heavy atom. The molecule has 0 saturated carbocycles. The first-order valence-electron chi connectivity index (χ1n) is 13.1. The maximum atomic E-state index is 12.9. The highest BCUT2D eigenvalue weighted by Crippen LogP contribution is 2.43. The fourth-order valence-electron chi connectivity index (χ4n) is 5.12. The molecule has 5 rings (SSSR count). The van der Waals surface area contributed by atoms with E-state index >= 15 is 0 Å². The predicted octanol–water partition coefficient (Wildman–Crippen LogP) is -1.46. The fourth-order valence-corrected chi connectivity index (χ4v) is 5.12. The van der Waals surface area contributed by atoms with Crippen molar-refractivity contribution in [3.8, 4) is 28.7 Å². The van der Waals surface area contributed by atoms with Crippen molar-refractivity contribution >= 4 is 5.78 Å². The molecule has 0 spiro atoms. The number of fused-ring (bicyclic) bond motifs is 1. The van der Waals surface area contributed by atoms with Crippen LogP contribution in [-0.4, -0.2) is 120 Å². The summed E-state index contributed by atoms with van der Waals surface area (Å²) in [5, 5.41) is 91.6. The lowest BCUT2D eigenvalue weighted by Crippen LogP contribution is -2.64. The molecule has 3 aliphatic heterocycles. The van der Waals surface area contributed by atoms with E-state index in [2.05, 4.69) is 0 Å². The summed E-state index contributed by atoms with van der Waals surface area (Å²) in [4.78, 5) is 12.9. The van der Waals surface area contributed by atoms with E-state index in [1.54, 1.807) is 0 Å². The van der Waals surface area contributed by atoms with Crippen LogP contribution in [-0.2, 0) is 14.2 Å². The Morgan fingerprint density at radius 3 is 2.26 bits per heavy atom. The van der Waals surface area contributed by atoms with Crippen molar-refractivity contribution in [2.45, 2.75) is 80.9 Å². The normalized spacial score (nSPS) is 36.6. The lowest BCUT2D eigenvalue weighted by Gasteiger charge is -2.45. The van der Waals surface area contributed by atoms with Crippen LogP contribution < -0.4 is 9.47 Å². The molecular formula is C27H32O15. The van der Waals surface area contributed by atoms with Crippen LogP contribution in [0.25, 0.3) is 0 Å². The zero-order valence-corrected chi connectivity index (χ0v) is 22.1. The second kappa shape index (κ2) is 11.8. The van der Waals surface area contributed by atoms with Crippen molar-refractivity contribution in [1.82, 2.24) is 0 Å². The van der Waals surface area contributed by atoms with Gasteiger partial charge in [-0.25, -0.2) is 0 Å². The molecule has 3 aliphatic rings. The molecule has 0 aromatic heterocycles. The molecule has 11 atom stereocenters. The molecule has 2 aromatic rings. The molecule has 0 aliphatic carbocycles. The van der Waals surface area contributed by atoms with Gasteiger partial charge in [0.05, 0.1) is 19.1 Å². The van der Waals surface area contributed by atoms with E-state index in [9.17, 15) is 50.8 Å². The molecule has 9 N–H and O–H groups in total. The SMILES string of the molecule is C[C@H]1O[C@@H](O[C@H]2[C@H](Oc3cc(O)c4c(c3)O[C@H](c3ccc(O)c(O)c3)CC4=O)O[C@@H](CO)[C@@H](O)[C@H]2O)[C@@H](O)[C@@H](O)[C@H]1O. The predicted molar refractivity (Wildman–Crippen MR) is 136 cm³/mol. The number of phenols is 3. The number of carbonyl (C=O) groups is 1. The molecule has 230 valence electrons. The molecular weight excluding hydrogens is 564 g/mol. The second-order valence-corrected chi connectivity index (χ2v) is 10.4. The minimum atomic E-state index is -1.77. The molecule has 2 fully saturated rings. The van der Waals surface area contributed by atoms with Gasteiger partial charge in [0.25, 0.3) is 0 Å². The molecule has 3 heterocycles. The van der Waals surface area contributed by atoms with Gasteiger partial charge >= 0.3 is 0 Å². The zero-order chi connectivity index (χ0) is 30.5. The Morgan fingerprint density at radius 1 is 0.833 bits per heavy atom. The van der Waals surface area contributed by atoms with Crippen LogP contribution in [0.15, 0.2) is 30.3 Å². The summed E-state index contributed by atoms with van der Waals surface area (Å²) in [5.41, 5.74) is 0.234. The van der Waals surface area contributed by atoms with E-state index in [4.69, 9.17) is 23.7 Å². The molecule has 2 saturated heterocycles. The number of benzene rings is 2. The summed E-state index contributed by atoms with van der Waals surface area (Å²) in [6, 6.07) is 6.25. The number of aliphatic hydroxyl groups excluding tert-OH is 6. The van der Waals surface area contributed by atoms with Gasteiger partial charge in [-0.3, -0.25) is 4.79 Å². The van der Waals surface area contributed by atoms with Gasteiger partial charge < -0.3 is 69.6 Å². The van der Waals surface area contributed by atoms with Crippen LogP contribution in [0.5, 0.6) is 28.7 Å². The van der Waals surface area contributed by atoms with Crippen molar-refractivity contribution in [1.29, 1.82) is 0 Å². The highest BCUT2D eigenvalue weighted by Gasteiger charge is 2.51. The largest absolute Gasteiger partial charge is 0.507 e. The monoisotopic (exact) mass is 596 g/mol. The third-order valence-corrected chi connectivity index (χ3v) is 7.52. The summed E-state index contributed by atoms with van der Waals surface area (Å²) in [7, 11) is 0. The maximum absolute atomic E-state index is 12.9. The molecule has 42 heavy (non-hydrogen) atoms. The minimum absolute atomic E-state index is 0.0941. The Labute approximate surface area is 238 Å². The van der Waals surface area contributed by atoms with Gasteiger partial charge in [0.2, 0.25) is 6.29 Å². The number of ketones is 1. The number of rotatable bonds is 6. The first-order valence-corrected chi connectivity index (χ1v) is 13.1. The van der Waals surface area contributed by atoms with E-state index in [0.29, 0.717) is 5.56 Å². The topological polar surface area (TPSA) is 245 Å². The number of hydrogen-bond donors (Lipinski definition) is 9. The van der Waals surface area contributed by atoms with E-state index < -0.39 is 91.4 Å². The second-order valence-electron chi connectivity index (χ2n) is 10.4. The van der Waals surface area contributed by atoms with Gasteiger partial charge in [0.1, 0.15) is 65.5 Å². The van der Waals surface area contributed by atoms with E-state index in [1.807, 2.05) is 0 Å². The van der Waals surface area contributed by atoms with Crippen molar-refractivity contribution in [2.75, 3.05) is 6.61 Å². The van der Waals surface area contributed by atoms with Crippen LogP contribution in [0.2, 0.25) is 0 Å². The first-order chi connectivity index (χ1) is 19.9. The quantitative estimate of drug-likeness (QED) is 0.173. The molecule has 15 heteroatoms. The third-order valence-electron chi connectivity index (χ3n) is 7.52. The van der Waals surface area contributed by atoms with Crippen molar-refractivity contribution in [3.05, 3.63) is 41.5 Å². The number of aromatic hydroxyl groups is 3. The van der Waals surface area contributed by atoms with Crippen molar-refractivity contribution in [2.24, 2.45) is 0 Å². The average molecular weight is 597 g/mol. The summed E-state index contributed by atoms with van der Waals surface area (Å²) in [5.74, 6) is -2.02. The standard InChI is InChI=1S/C27H32O15/c1-9-20(33)22(35)24(37)26(38-9)42-25-23(36)21(34)18(8-28)41-27(25)39-11-5-14(31)19-15(32)7-16(40-17(19)6-11)10-2-3-12(29)13(30)4-10/h2-6,9,16,18,20-31,33-37H,7-8H2,1H3/t9-,16+,18+,20+,21-,22+,23-,24+,25-,26+,27-/m1/s1. The summed E-state index contributed by atoms with van der Waals surface area (Å²) in [6.45, 7) is 0.683. The van der Waals surface area contributed by atoms with E-state index in [0.717, 1.165) is 6.07 Å². The Bertz CT molecular complexity index is 1300. The number of Topliss-reactive ketones (excluding diaryl/α,β-unsaturated/α-hetero) is 1. The number of ether oxygens (including phenoxy) is 5. The molecule has 15 nitrogen and oxygen atoms in total. The average Bonchev–Trinajstić information content (AvgIpc) is 2.95. The number of hydrogen-bond acceptors (Lipinski definition) is 15. The third kappa shape index (κ3) is 5.58. The number of carbonyl (C=O) groups excluding carboxylic acids is 1. The molecule has 0 bridgehead atoms. The summed E-state index contributed by atoms with van der Waals surface area (Å²) in [6.07, 6.45) is -16.5. The highest BCUT2D eigenvalue weighted by atomic mass is 16.8. The Balaban J connectivity index is 1.42. The van der Waals surface area contributed by atoms with Crippen LogP contribution in [0, 0.1) is 0 Å². The van der Waals surface area contributed by atoms with Gasteiger partial charge in [-0.2, -0.15) is 0 Å². The molecule has 0 radical (unpaired) electrons. The van der Waals surface area contributed by atoms with Crippen LogP contribution in [0.1, 0.15) is 35.4 Å². The Hall–Kier alpha value is -3.25. The Kier molecular flexibility index (Phi) is 8.48. The smallest absolute Gasteiger partial charge is 0.229 e. The lowest BCUT2D eigenvalue weighted by atomic mass is 9.95. The summed E-state index contributed by atoms with van der Waals surface area (Å²) < 4.78 is 28.4. The van der Waals surface area contributed by atoms with Crippen LogP contribution in [0.4, 0.5) is 0 Å². The zero-order valence-electron chi connectivity index (χ0n) is 22.1. The number of aliphatic hydroxyl groups is 6. The fraction of sp³-hybridized carbons (Fsp3) is 0.519. The van der Waals surface area contributed by atoms with Gasteiger partial charge in [0, 0.05) is 12.1 Å². The minimum Gasteiger partial charge on any atom is -0.507 e. The van der Waals surface area contributed by atoms with Gasteiger partial charge in [-0.15, -0.1) is 0 Å². The molecule has 0 unspecified atom stereocenters. The van der Waals surface area contributed by atoms with Gasteiger partial charge in [0.15, 0.2) is 29.7 Å². The maximum Gasteiger partial charge on any atom is 0.229 e. The van der Waals surface area contributed by atoms with Crippen LogP contribution in [0.3, 0.4) is 0 Å². The van der Waals surface area contributed by atoms with Crippen LogP contribution >= 0.6 is 0 Å². The van der Waals surface area contributed by atoms with Crippen molar-refractivity contribution in [3.63, 3.8) is 0 Å². The molecule has 2 aromatic carbocycles. The lowest BCUT2D eigenvalue weighted by molar-refractivity contribution is -0.354. The molecule has 0 amide bonds. The first kappa shape index (κ1) is 30.2. The van der Waals surface area contributed by atoms with Gasteiger partial charge in [-0.1, -0.05) is 6.07 Å². The van der Waals surface area contributed by atoms with Gasteiger partial charge in [-0.05, 0) is 24.6 Å². The van der Waals surface area contributed by atoms with Crippen molar-refractivity contribution < 1.29 is 74.4 Å². The number of phenolic OH excluding ortho intramolecular Hbond substituents is 3. The van der Waals surface area contributed by atoms with E-state index in [-0.39, 0.29) is 29.2 Å². The van der Waals surface area contributed by atoms with E-state index in [1.165, 1.54) is 31.2 Å².